The van der Waals surface area contributed by atoms with Crippen molar-refractivity contribution in [1.82, 2.24) is 15.2 Å². The van der Waals surface area contributed by atoms with Crippen LogP contribution in [0.1, 0.15) is 12.0 Å². The summed E-state index contributed by atoms with van der Waals surface area (Å²) in [5, 5.41) is 17.9. The Kier molecular flexibility index (Phi) is 3.30. The number of nitro benzene ring substituents is 1. The number of aryl methyl sites for hydroxylation is 1. The Morgan fingerprint density at radius 1 is 1.52 bits per heavy atom. The predicted molar refractivity (Wildman–Crippen MR) is 78.0 cm³/mol. The molecule has 0 bridgehead atoms. The van der Waals surface area contributed by atoms with Crippen molar-refractivity contribution in [2.45, 2.75) is 19.4 Å². The maximum Gasteiger partial charge on any atom is 0.269 e. The van der Waals surface area contributed by atoms with E-state index in [-0.39, 0.29) is 11.7 Å². The van der Waals surface area contributed by atoms with E-state index in [1.54, 1.807) is 6.07 Å². The number of rotatable bonds is 3. The number of nitrogens with zero attached hydrogens (tertiary/aromatic N) is 4. The van der Waals surface area contributed by atoms with Crippen LogP contribution < -0.4 is 10.6 Å². The maximum atomic E-state index is 10.8. The highest BCUT2D eigenvalue weighted by molar-refractivity contribution is 5.63. The molecular formula is C13H16N6O2. The summed E-state index contributed by atoms with van der Waals surface area (Å²) in [4.78, 5) is 16.9. The molecule has 2 aromatic rings. The average Bonchev–Trinajstić information content (AvgIpc) is 3.07. The van der Waals surface area contributed by atoms with E-state index in [9.17, 15) is 10.1 Å². The highest BCUT2D eigenvalue weighted by Gasteiger charge is 2.23. The first kappa shape index (κ1) is 13.5. The van der Waals surface area contributed by atoms with E-state index in [1.165, 1.54) is 12.1 Å². The number of anilines is 1. The summed E-state index contributed by atoms with van der Waals surface area (Å²) in [6, 6.07) is 4.85. The van der Waals surface area contributed by atoms with Crippen LogP contribution >= 0.6 is 0 Å². The Morgan fingerprint density at radius 2 is 2.33 bits per heavy atom. The summed E-state index contributed by atoms with van der Waals surface area (Å²) in [6.07, 6.45) is 0.931. The number of non-ortho nitro benzene ring substituents is 1. The number of hydrogen-bond donors (Lipinski definition) is 2. The molecule has 1 atom stereocenters. The van der Waals surface area contributed by atoms with Gasteiger partial charge in [0.25, 0.3) is 5.69 Å². The summed E-state index contributed by atoms with van der Waals surface area (Å²) >= 11 is 0. The number of nitrogens with one attached hydrogen (secondary N) is 1. The Balaban J connectivity index is 1.88. The molecule has 0 aliphatic carbocycles. The summed E-state index contributed by atoms with van der Waals surface area (Å²) in [7, 11) is 0. The number of benzene rings is 1. The standard InChI is InChI=1S/C13H16N6O2/c1-8-6-10(19(20)21)2-3-11(8)12-15-13(17-16-12)18-5-4-9(14)7-18/h2-3,6,9H,4-5,7,14H2,1H3,(H,15,16,17). The van der Waals surface area contributed by atoms with Gasteiger partial charge in [-0.25, -0.2) is 0 Å². The van der Waals surface area contributed by atoms with Gasteiger partial charge in [-0.15, -0.1) is 5.10 Å². The third kappa shape index (κ3) is 2.57. The van der Waals surface area contributed by atoms with E-state index >= 15 is 0 Å². The van der Waals surface area contributed by atoms with Gasteiger partial charge in [0, 0.05) is 36.8 Å². The number of nitro groups is 1. The summed E-state index contributed by atoms with van der Waals surface area (Å²) in [5.41, 5.74) is 7.54. The van der Waals surface area contributed by atoms with Crippen LogP contribution in [0, 0.1) is 17.0 Å². The normalized spacial score (nSPS) is 18.2. The molecule has 21 heavy (non-hydrogen) atoms. The van der Waals surface area contributed by atoms with Crippen LogP contribution in [-0.4, -0.2) is 39.2 Å². The van der Waals surface area contributed by atoms with Gasteiger partial charge in [-0.1, -0.05) is 0 Å². The van der Waals surface area contributed by atoms with E-state index in [1.807, 2.05) is 11.8 Å². The molecule has 1 aliphatic heterocycles. The zero-order valence-electron chi connectivity index (χ0n) is 11.6. The molecule has 1 aromatic carbocycles. The topological polar surface area (TPSA) is 114 Å². The summed E-state index contributed by atoms with van der Waals surface area (Å²) < 4.78 is 0. The minimum Gasteiger partial charge on any atom is -0.338 e. The smallest absolute Gasteiger partial charge is 0.269 e. The molecular weight excluding hydrogens is 272 g/mol. The number of H-pyrrole nitrogens is 1. The Hall–Kier alpha value is -2.48. The largest absolute Gasteiger partial charge is 0.338 e. The molecule has 2 heterocycles. The molecule has 1 aromatic heterocycles. The van der Waals surface area contributed by atoms with Gasteiger partial charge in [0.05, 0.1) is 4.92 Å². The monoisotopic (exact) mass is 288 g/mol. The molecule has 0 saturated carbocycles. The molecule has 1 unspecified atom stereocenters. The average molecular weight is 288 g/mol. The van der Waals surface area contributed by atoms with E-state index in [0.717, 1.165) is 30.6 Å². The van der Waals surface area contributed by atoms with Gasteiger partial charge in [-0.3, -0.25) is 15.2 Å². The van der Waals surface area contributed by atoms with Crippen molar-refractivity contribution in [2.24, 2.45) is 5.73 Å². The molecule has 8 nitrogen and oxygen atoms in total. The van der Waals surface area contributed by atoms with Gasteiger partial charge in [-0.05, 0) is 25.0 Å². The van der Waals surface area contributed by atoms with Crippen LogP contribution in [0.2, 0.25) is 0 Å². The first-order valence-corrected chi connectivity index (χ1v) is 6.73. The van der Waals surface area contributed by atoms with Crippen LogP contribution in [0.25, 0.3) is 11.4 Å². The highest BCUT2D eigenvalue weighted by atomic mass is 16.6. The van der Waals surface area contributed by atoms with E-state index in [2.05, 4.69) is 15.2 Å². The Bertz CT molecular complexity index is 683. The molecule has 3 N–H and O–H groups in total. The van der Waals surface area contributed by atoms with Crippen molar-refractivity contribution in [3.8, 4) is 11.4 Å². The van der Waals surface area contributed by atoms with Crippen molar-refractivity contribution >= 4 is 11.6 Å². The van der Waals surface area contributed by atoms with Crippen LogP contribution in [0.5, 0.6) is 0 Å². The van der Waals surface area contributed by atoms with Crippen molar-refractivity contribution in [2.75, 3.05) is 18.0 Å². The van der Waals surface area contributed by atoms with Crippen LogP contribution in [0.4, 0.5) is 11.6 Å². The summed E-state index contributed by atoms with van der Waals surface area (Å²) in [6.45, 7) is 3.41. The fourth-order valence-corrected chi connectivity index (χ4v) is 2.51. The molecule has 0 radical (unpaired) electrons. The molecule has 1 saturated heterocycles. The quantitative estimate of drug-likeness (QED) is 0.648. The highest BCUT2D eigenvalue weighted by Crippen LogP contribution is 2.26. The van der Waals surface area contributed by atoms with Gasteiger partial charge in [-0.2, -0.15) is 4.98 Å². The zero-order valence-corrected chi connectivity index (χ0v) is 11.6. The first-order chi connectivity index (χ1) is 10.0. The van der Waals surface area contributed by atoms with Gasteiger partial charge < -0.3 is 10.6 Å². The van der Waals surface area contributed by atoms with Crippen LogP contribution in [0.15, 0.2) is 18.2 Å². The SMILES string of the molecule is Cc1cc([N+](=O)[O-])ccc1-c1nc(N2CCC(N)C2)n[nH]1. The molecule has 1 fully saturated rings. The number of nitrogens with two attached hydrogens (primary N) is 1. The van der Waals surface area contributed by atoms with Crippen molar-refractivity contribution in [1.29, 1.82) is 0 Å². The lowest BCUT2D eigenvalue weighted by atomic mass is 10.1. The van der Waals surface area contributed by atoms with Crippen molar-refractivity contribution in [3.63, 3.8) is 0 Å². The lowest BCUT2D eigenvalue weighted by Crippen LogP contribution is -2.26. The maximum absolute atomic E-state index is 10.8. The van der Waals surface area contributed by atoms with E-state index < -0.39 is 4.92 Å². The predicted octanol–water partition coefficient (Wildman–Crippen LogP) is 1.23. The van der Waals surface area contributed by atoms with Gasteiger partial charge in [0.1, 0.15) is 0 Å². The second-order valence-electron chi connectivity index (χ2n) is 5.24. The van der Waals surface area contributed by atoms with E-state index in [4.69, 9.17) is 5.73 Å². The summed E-state index contributed by atoms with van der Waals surface area (Å²) in [5.74, 6) is 1.23. The van der Waals surface area contributed by atoms with Gasteiger partial charge in [0.2, 0.25) is 5.95 Å². The van der Waals surface area contributed by atoms with Crippen molar-refractivity contribution < 1.29 is 4.92 Å². The van der Waals surface area contributed by atoms with Crippen LogP contribution in [-0.2, 0) is 0 Å². The zero-order chi connectivity index (χ0) is 15.0. The second-order valence-corrected chi connectivity index (χ2v) is 5.24. The molecule has 3 rings (SSSR count). The molecule has 1 aliphatic rings. The fourth-order valence-electron chi connectivity index (χ4n) is 2.51. The third-order valence-electron chi connectivity index (χ3n) is 3.66. The van der Waals surface area contributed by atoms with Crippen molar-refractivity contribution in [3.05, 3.63) is 33.9 Å². The second kappa shape index (κ2) is 5.13. The van der Waals surface area contributed by atoms with Gasteiger partial charge in [0.15, 0.2) is 5.82 Å². The minimum atomic E-state index is -0.409. The lowest BCUT2D eigenvalue weighted by Gasteiger charge is -2.11. The Morgan fingerprint density at radius 3 is 2.95 bits per heavy atom. The molecule has 110 valence electrons. The van der Waals surface area contributed by atoms with Gasteiger partial charge >= 0.3 is 0 Å². The number of aromatic amines is 1. The lowest BCUT2D eigenvalue weighted by molar-refractivity contribution is -0.384. The first-order valence-electron chi connectivity index (χ1n) is 6.73. The molecule has 0 amide bonds. The van der Waals surface area contributed by atoms with Crippen LogP contribution in [0.3, 0.4) is 0 Å². The number of hydrogen-bond acceptors (Lipinski definition) is 6. The molecule has 0 spiro atoms. The third-order valence-corrected chi connectivity index (χ3v) is 3.66. The fraction of sp³-hybridized carbons (Fsp3) is 0.385. The Labute approximate surface area is 121 Å². The van der Waals surface area contributed by atoms with E-state index in [0.29, 0.717) is 11.8 Å². The minimum absolute atomic E-state index is 0.0708. The molecule has 8 heteroatoms. The number of aromatic nitrogens is 3.